The summed E-state index contributed by atoms with van der Waals surface area (Å²) in [5.41, 5.74) is 1.84. The van der Waals surface area contributed by atoms with Crippen molar-refractivity contribution in [1.82, 2.24) is 14.9 Å². The van der Waals surface area contributed by atoms with Gasteiger partial charge in [-0.05, 0) is 37.1 Å². The number of benzene rings is 2. The molecule has 31 heavy (non-hydrogen) atoms. The van der Waals surface area contributed by atoms with Crippen molar-refractivity contribution in [2.24, 2.45) is 0 Å². The number of para-hydroxylation sites is 2. The zero-order valence-electron chi connectivity index (χ0n) is 17.5. The summed E-state index contributed by atoms with van der Waals surface area (Å²) in [4.78, 5) is 16.6. The summed E-state index contributed by atoms with van der Waals surface area (Å²) < 4.78 is 41.2. The predicted octanol–water partition coefficient (Wildman–Crippen LogP) is 3.18. The molecule has 0 bridgehead atoms. The number of halogens is 1. The molecule has 2 aromatic carbocycles. The molecular formula is C22H25FN4O3S. The van der Waals surface area contributed by atoms with Gasteiger partial charge in [0.1, 0.15) is 11.6 Å². The second-order valence-electron chi connectivity index (χ2n) is 7.14. The fraction of sp³-hybridized carbons (Fsp3) is 0.273. The predicted molar refractivity (Wildman–Crippen MR) is 118 cm³/mol. The van der Waals surface area contributed by atoms with Gasteiger partial charge in [0.15, 0.2) is 0 Å². The van der Waals surface area contributed by atoms with Crippen molar-refractivity contribution in [1.29, 1.82) is 0 Å². The highest BCUT2D eigenvalue weighted by Gasteiger charge is 2.20. The molecule has 9 heteroatoms. The molecule has 0 saturated carbocycles. The highest BCUT2D eigenvalue weighted by molar-refractivity contribution is 7.92. The van der Waals surface area contributed by atoms with E-state index in [9.17, 15) is 17.6 Å². The Kier molecular flexibility index (Phi) is 7.06. The van der Waals surface area contributed by atoms with Gasteiger partial charge < -0.3 is 9.88 Å². The van der Waals surface area contributed by atoms with Gasteiger partial charge in [-0.3, -0.25) is 9.10 Å². The molecule has 1 heterocycles. The van der Waals surface area contributed by atoms with Crippen LogP contribution in [-0.4, -0.2) is 36.7 Å². The van der Waals surface area contributed by atoms with Gasteiger partial charge in [0.2, 0.25) is 15.9 Å². The molecule has 1 aromatic heterocycles. The molecule has 164 valence electrons. The number of aromatic nitrogens is 2. The van der Waals surface area contributed by atoms with Crippen LogP contribution < -0.4 is 9.62 Å². The van der Waals surface area contributed by atoms with Crippen molar-refractivity contribution in [2.45, 2.75) is 26.3 Å². The van der Waals surface area contributed by atoms with Crippen LogP contribution in [0.25, 0.3) is 5.69 Å². The van der Waals surface area contributed by atoms with Crippen LogP contribution in [0, 0.1) is 12.7 Å². The molecule has 0 radical (unpaired) electrons. The van der Waals surface area contributed by atoms with Gasteiger partial charge in [-0.2, -0.15) is 0 Å². The van der Waals surface area contributed by atoms with Crippen LogP contribution >= 0.6 is 0 Å². The van der Waals surface area contributed by atoms with Crippen molar-refractivity contribution >= 4 is 21.6 Å². The van der Waals surface area contributed by atoms with E-state index in [0.717, 1.165) is 27.6 Å². The molecule has 0 aliphatic rings. The second kappa shape index (κ2) is 9.74. The summed E-state index contributed by atoms with van der Waals surface area (Å²) in [6.07, 6.45) is 4.98. The number of rotatable bonds is 9. The summed E-state index contributed by atoms with van der Waals surface area (Å²) in [6.45, 7) is 2.24. The zero-order chi connectivity index (χ0) is 22.4. The first-order valence-corrected chi connectivity index (χ1v) is 11.7. The number of hydrogen-bond acceptors (Lipinski definition) is 4. The molecule has 3 rings (SSSR count). The quantitative estimate of drug-likeness (QED) is 0.549. The van der Waals surface area contributed by atoms with E-state index in [2.05, 4.69) is 10.3 Å². The van der Waals surface area contributed by atoms with Gasteiger partial charge in [-0.15, -0.1) is 0 Å². The lowest BCUT2D eigenvalue weighted by Crippen LogP contribution is -2.32. The number of imidazole rings is 1. The second-order valence-corrected chi connectivity index (χ2v) is 9.05. The minimum atomic E-state index is -3.68. The minimum Gasteiger partial charge on any atom is -0.352 e. The lowest BCUT2D eigenvalue weighted by atomic mass is 10.1. The fourth-order valence-electron chi connectivity index (χ4n) is 3.31. The highest BCUT2D eigenvalue weighted by Crippen LogP contribution is 2.22. The van der Waals surface area contributed by atoms with Crippen molar-refractivity contribution in [2.75, 3.05) is 17.1 Å². The summed E-state index contributed by atoms with van der Waals surface area (Å²) in [5.74, 6) is 0.00991. The Bertz CT molecular complexity index is 1160. The molecule has 0 aliphatic heterocycles. The van der Waals surface area contributed by atoms with E-state index in [-0.39, 0.29) is 31.0 Å². The smallest absolute Gasteiger partial charge is 0.232 e. The van der Waals surface area contributed by atoms with Crippen molar-refractivity contribution in [3.05, 3.63) is 78.1 Å². The Morgan fingerprint density at radius 1 is 1.16 bits per heavy atom. The topological polar surface area (TPSA) is 84.3 Å². The molecule has 1 amide bonds. The number of sulfonamides is 1. The molecule has 1 N–H and O–H groups in total. The van der Waals surface area contributed by atoms with Crippen LogP contribution in [-0.2, 0) is 21.4 Å². The van der Waals surface area contributed by atoms with Gasteiger partial charge >= 0.3 is 0 Å². The molecule has 7 nitrogen and oxygen atoms in total. The van der Waals surface area contributed by atoms with E-state index < -0.39 is 15.8 Å². The van der Waals surface area contributed by atoms with Gasteiger partial charge in [-0.1, -0.05) is 30.3 Å². The molecule has 0 atom stereocenters. The van der Waals surface area contributed by atoms with Crippen molar-refractivity contribution in [3.63, 3.8) is 0 Å². The van der Waals surface area contributed by atoms with Gasteiger partial charge in [0.25, 0.3) is 0 Å². The molecule has 3 aromatic rings. The maximum Gasteiger partial charge on any atom is 0.232 e. The monoisotopic (exact) mass is 444 g/mol. The standard InChI is InChI=1S/C22H25FN4O3S/c1-17-24-13-15-26(17)20-10-5-3-8-18(20)16-25-22(28)12-7-14-27(31(2,29)30)21-11-6-4-9-19(21)23/h3-6,8-11,13,15H,7,12,14,16H2,1-2H3,(H,25,28). The number of amides is 1. The molecule has 0 saturated heterocycles. The van der Waals surface area contributed by atoms with E-state index >= 15 is 0 Å². The SMILES string of the molecule is Cc1nccn1-c1ccccc1CNC(=O)CCCN(c1ccccc1F)S(C)(=O)=O. The summed E-state index contributed by atoms with van der Waals surface area (Å²) in [5, 5.41) is 2.87. The fourth-order valence-corrected chi connectivity index (χ4v) is 4.28. The van der Waals surface area contributed by atoms with Crippen molar-refractivity contribution < 1.29 is 17.6 Å². The average molecular weight is 445 g/mol. The summed E-state index contributed by atoms with van der Waals surface area (Å²) in [6, 6.07) is 13.4. The van der Waals surface area contributed by atoms with Crippen LogP contribution in [0.2, 0.25) is 0 Å². The number of nitrogens with zero attached hydrogens (tertiary/aromatic N) is 3. The number of aryl methyl sites for hydroxylation is 1. The molecular weight excluding hydrogens is 419 g/mol. The highest BCUT2D eigenvalue weighted by atomic mass is 32.2. The van der Waals surface area contributed by atoms with Crippen LogP contribution in [0.15, 0.2) is 60.9 Å². The first-order valence-electron chi connectivity index (χ1n) is 9.84. The third-order valence-corrected chi connectivity index (χ3v) is 6.02. The summed E-state index contributed by atoms with van der Waals surface area (Å²) in [7, 11) is -3.68. The van der Waals surface area contributed by atoms with Gasteiger partial charge in [0, 0.05) is 31.9 Å². The summed E-state index contributed by atoms with van der Waals surface area (Å²) >= 11 is 0. The molecule has 0 spiro atoms. The first kappa shape index (κ1) is 22.5. The number of carbonyl (C=O) groups excluding carboxylic acids is 1. The maximum absolute atomic E-state index is 14.1. The van der Waals surface area contributed by atoms with Crippen LogP contribution in [0.5, 0.6) is 0 Å². The lowest BCUT2D eigenvalue weighted by molar-refractivity contribution is -0.121. The average Bonchev–Trinajstić information content (AvgIpc) is 3.15. The maximum atomic E-state index is 14.1. The van der Waals surface area contributed by atoms with E-state index in [4.69, 9.17) is 0 Å². The molecule has 0 aliphatic carbocycles. The minimum absolute atomic E-state index is 0.0119. The van der Waals surface area contributed by atoms with Gasteiger partial charge in [-0.25, -0.2) is 17.8 Å². The van der Waals surface area contributed by atoms with Crippen LogP contribution in [0.4, 0.5) is 10.1 Å². The largest absolute Gasteiger partial charge is 0.352 e. The number of nitrogens with one attached hydrogen (secondary N) is 1. The lowest BCUT2D eigenvalue weighted by Gasteiger charge is -2.22. The Labute approximate surface area is 181 Å². The number of hydrogen-bond donors (Lipinski definition) is 1. The van der Waals surface area contributed by atoms with Crippen molar-refractivity contribution in [3.8, 4) is 5.69 Å². The Balaban J connectivity index is 1.59. The molecule has 0 fully saturated rings. The Hall–Kier alpha value is -3.20. The van der Waals surface area contributed by atoms with Gasteiger partial charge in [0.05, 0.1) is 17.6 Å². The van der Waals surface area contributed by atoms with Crippen LogP contribution in [0.1, 0.15) is 24.2 Å². The van der Waals surface area contributed by atoms with Crippen LogP contribution in [0.3, 0.4) is 0 Å². The number of carbonyl (C=O) groups is 1. The van der Waals surface area contributed by atoms with E-state index in [1.807, 2.05) is 42.0 Å². The normalized spacial score (nSPS) is 11.3. The Morgan fingerprint density at radius 3 is 2.55 bits per heavy atom. The number of anilines is 1. The van der Waals surface area contributed by atoms with E-state index in [1.165, 1.54) is 18.2 Å². The third kappa shape index (κ3) is 5.69. The molecule has 0 unspecified atom stereocenters. The van der Waals surface area contributed by atoms with E-state index in [1.54, 1.807) is 12.3 Å². The van der Waals surface area contributed by atoms with E-state index in [0.29, 0.717) is 6.54 Å². The first-order chi connectivity index (χ1) is 14.8. The zero-order valence-corrected chi connectivity index (χ0v) is 18.3. The third-order valence-electron chi connectivity index (χ3n) is 4.84. The Morgan fingerprint density at radius 2 is 1.87 bits per heavy atom.